The fourth-order valence-electron chi connectivity index (χ4n) is 3.74. The minimum absolute atomic E-state index is 0.108. The molecular weight excluding hydrogens is 558 g/mol. The molecule has 3 unspecified atom stereocenters. The van der Waals surface area contributed by atoms with E-state index >= 15 is 0 Å². The van der Waals surface area contributed by atoms with E-state index in [-0.39, 0.29) is 34.8 Å². The molecule has 1 aromatic rings. The minimum Gasteiger partial charge on any atom is -0.497 e. The van der Waals surface area contributed by atoms with Gasteiger partial charge in [-0.25, -0.2) is 0 Å². The number of hydrogen-bond donors (Lipinski definition) is 5. The first-order chi connectivity index (χ1) is 19.4. The average molecular weight is 590 g/mol. The molecule has 0 heterocycles. The van der Waals surface area contributed by atoms with E-state index in [0.29, 0.717) is 11.3 Å². The molecule has 0 spiro atoms. The molecule has 3 atom stereocenters. The van der Waals surface area contributed by atoms with Crippen LogP contribution in [0, 0.1) is 0 Å². The topological polar surface area (TPSA) is 211 Å². The lowest BCUT2D eigenvalue weighted by atomic mass is 9.85. The van der Waals surface area contributed by atoms with Crippen LogP contribution in [0.5, 0.6) is 5.75 Å². The van der Waals surface area contributed by atoms with E-state index < -0.39 is 59.9 Å². The van der Waals surface area contributed by atoms with Gasteiger partial charge >= 0.3 is 11.9 Å². The lowest BCUT2D eigenvalue weighted by Gasteiger charge is -2.24. The SMILES string of the molecule is C=CC(C1=CC(=O)C(OC)=C(SCC(NC(=O)CCC(N)C(=O)O)C(=O)NCC(=O)O)C1=O)c1ccc(OC)cc1. The molecule has 6 N–H and O–H groups in total. The number of thioether (sulfide) groups is 1. The predicted molar refractivity (Wildman–Crippen MR) is 148 cm³/mol. The van der Waals surface area contributed by atoms with Gasteiger partial charge in [-0.2, -0.15) is 0 Å². The highest BCUT2D eigenvalue weighted by atomic mass is 32.2. The summed E-state index contributed by atoms with van der Waals surface area (Å²) in [5, 5.41) is 22.4. The molecule has 13 nitrogen and oxygen atoms in total. The van der Waals surface area contributed by atoms with Crippen LogP contribution in [0.4, 0.5) is 0 Å². The monoisotopic (exact) mass is 589 g/mol. The van der Waals surface area contributed by atoms with Crippen molar-refractivity contribution in [3.8, 4) is 5.75 Å². The largest absolute Gasteiger partial charge is 0.497 e. The summed E-state index contributed by atoms with van der Waals surface area (Å²) in [6.45, 7) is 3.06. The molecule has 0 bridgehead atoms. The first-order valence-corrected chi connectivity index (χ1v) is 13.2. The Balaban J connectivity index is 2.29. The molecule has 2 amide bonds. The van der Waals surface area contributed by atoms with Gasteiger partial charge in [-0.15, -0.1) is 18.3 Å². The number of carboxylic acids is 2. The van der Waals surface area contributed by atoms with Gasteiger partial charge in [0.05, 0.1) is 14.2 Å². The van der Waals surface area contributed by atoms with Crippen molar-refractivity contribution in [2.75, 3.05) is 26.5 Å². The maximum atomic E-state index is 13.6. The Hall–Kier alpha value is -4.43. The van der Waals surface area contributed by atoms with Crippen molar-refractivity contribution < 1.29 is 48.5 Å². The number of rotatable bonds is 16. The lowest BCUT2D eigenvalue weighted by molar-refractivity contribution is -0.139. The summed E-state index contributed by atoms with van der Waals surface area (Å²) in [6.07, 6.45) is 2.11. The fraction of sp³-hybridized carbons (Fsp3) is 0.333. The first kappa shape index (κ1) is 32.8. The Morgan fingerprint density at radius 2 is 1.76 bits per heavy atom. The predicted octanol–water partition coefficient (Wildman–Crippen LogP) is 0.512. The number of ketones is 2. The molecule has 0 aliphatic heterocycles. The number of aliphatic carboxylic acids is 2. The molecule has 220 valence electrons. The molecule has 0 saturated carbocycles. The van der Waals surface area contributed by atoms with Crippen molar-refractivity contribution in [2.24, 2.45) is 5.73 Å². The quantitative estimate of drug-likeness (QED) is 0.132. The Kier molecular flexibility index (Phi) is 12.3. The zero-order valence-corrected chi connectivity index (χ0v) is 23.2. The van der Waals surface area contributed by atoms with Gasteiger partial charge in [0.25, 0.3) is 0 Å². The van der Waals surface area contributed by atoms with Gasteiger partial charge in [-0.3, -0.25) is 28.8 Å². The first-order valence-electron chi connectivity index (χ1n) is 12.2. The molecule has 0 fully saturated rings. The molecule has 2 rings (SSSR count). The Morgan fingerprint density at radius 3 is 2.29 bits per heavy atom. The van der Waals surface area contributed by atoms with Crippen molar-refractivity contribution in [3.05, 3.63) is 64.8 Å². The number of nitrogens with one attached hydrogen (secondary N) is 2. The number of benzene rings is 1. The fourth-order valence-corrected chi connectivity index (χ4v) is 4.87. The van der Waals surface area contributed by atoms with E-state index in [4.69, 9.17) is 25.4 Å². The highest BCUT2D eigenvalue weighted by molar-refractivity contribution is 8.04. The third-order valence-electron chi connectivity index (χ3n) is 5.89. The highest BCUT2D eigenvalue weighted by Gasteiger charge is 2.35. The van der Waals surface area contributed by atoms with Crippen LogP contribution in [0.15, 0.2) is 59.2 Å². The van der Waals surface area contributed by atoms with Gasteiger partial charge < -0.3 is 36.1 Å². The van der Waals surface area contributed by atoms with E-state index in [1.165, 1.54) is 20.3 Å². The molecule has 1 aliphatic rings. The zero-order valence-electron chi connectivity index (χ0n) is 22.4. The summed E-state index contributed by atoms with van der Waals surface area (Å²) < 4.78 is 10.4. The smallest absolute Gasteiger partial charge is 0.322 e. The summed E-state index contributed by atoms with van der Waals surface area (Å²) in [6, 6.07) is 4.18. The van der Waals surface area contributed by atoms with Crippen molar-refractivity contribution in [1.29, 1.82) is 0 Å². The summed E-state index contributed by atoms with van der Waals surface area (Å²) in [5.41, 5.74) is 6.19. The van der Waals surface area contributed by atoms with Gasteiger partial charge in [0.2, 0.25) is 17.6 Å². The van der Waals surface area contributed by atoms with Crippen molar-refractivity contribution >= 4 is 47.1 Å². The van der Waals surface area contributed by atoms with Crippen molar-refractivity contribution in [3.63, 3.8) is 0 Å². The van der Waals surface area contributed by atoms with Gasteiger partial charge in [0, 0.05) is 23.7 Å². The second-order valence-corrected chi connectivity index (χ2v) is 9.70. The maximum Gasteiger partial charge on any atom is 0.322 e. The van der Waals surface area contributed by atoms with Gasteiger partial charge in [-0.05, 0) is 30.2 Å². The molecular formula is C27H31N3O10S. The van der Waals surface area contributed by atoms with Crippen LogP contribution in [-0.4, -0.2) is 84.1 Å². The second-order valence-electron chi connectivity index (χ2n) is 8.67. The molecule has 0 radical (unpaired) electrons. The number of methoxy groups -OCH3 is 2. The molecule has 1 aromatic carbocycles. The van der Waals surface area contributed by atoms with Gasteiger partial charge in [-0.1, -0.05) is 18.2 Å². The van der Waals surface area contributed by atoms with E-state index in [9.17, 15) is 28.8 Å². The van der Waals surface area contributed by atoms with Crippen LogP contribution < -0.4 is 21.1 Å². The molecule has 14 heteroatoms. The summed E-state index contributed by atoms with van der Waals surface area (Å²) >= 11 is 0.764. The maximum absolute atomic E-state index is 13.6. The number of carbonyl (C=O) groups excluding carboxylic acids is 4. The normalized spacial score (nSPS) is 15.2. The number of Topliss-reactive ketones (excluding diaryl/α,β-unsaturated/α-hetero) is 1. The second kappa shape index (κ2) is 15.4. The summed E-state index contributed by atoms with van der Waals surface area (Å²) in [7, 11) is 2.72. The molecule has 0 aromatic heterocycles. The standard InChI is InChI=1S/C27H31N3O10S/c1-4-16(14-5-7-15(39-2)8-6-14)17-11-20(31)24(40-3)25(23(17)35)41-13-19(26(36)29-12-22(33)34)30-21(32)10-9-18(28)27(37)38/h4-8,11,16,18-19H,1,9-10,12-13,28H2,2-3H3,(H,29,36)(H,30,32)(H,33,34)(H,37,38). The minimum atomic E-state index is -1.35. The number of hydrogen-bond acceptors (Lipinski definition) is 10. The van der Waals surface area contributed by atoms with Gasteiger partial charge in [0.1, 0.15) is 29.3 Å². The highest BCUT2D eigenvalue weighted by Crippen LogP contribution is 2.37. The van der Waals surface area contributed by atoms with Crippen LogP contribution in [0.3, 0.4) is 0 Å². The third-order valence-corrected chi connectivity index (χ3v) is 7.05. The van der Waals surface area contributed by atoms with Crippen LogP contribution in [0.1, 0.15) is 24.3 Å². The molecule has 1 aliphatic carbocycles. The zero-order chi connectivity index (χ0) is 30.7. The van der Waals surface area contributed by atoms with Crippen LogP contribution in [0.25, 0.3) is 0 Å². The van der Waals surface area contributed by atoms with Crippen molar-refractivity contribution in [2.45, 2.75) is 30.8 Å². The average Bonchev–Trinajstić information content (AvgIpc) is 2.95. The number of allylic oxidation sites excluding steroid dienone is 4. The number of nitrogens with two attached hydrogens (primary N) is 1. The summed E-state index contributed by atoms with van der Waals surface area (Å²) in [5.74, 6) is -6.02. The van der Waals surface area contributed by atoms with Crippen LogP contribution >= 0.6 is 11.8 Å². The lowest BCUT2D eigenvalue weighted by Crippen LogP contribution is -2.49. The Morgan fingerprint density at radius 1 is 1.10 bits per heavy atom. The van der Waals surface area contributed by atoms with Crippen molar-refractivity contribution in [1.82, 2.24) is 10.6 Å². The molecule has 0 saturated heterocycles. The Bertz CT molecular complexity index is 1270. The number of carbonyl (C=O) groups is 6. The number of carboxylic acid groups (broad SMARTS) is 2. The van der Waals surface area contributed by atoms with E-state index in [0.717, 1.165) is 17.8 Å². The van der Waals surface area contributed by atoms with E-state index in [1.807, 2.05) is 0 Å². The third kappa shape index (κ3) is 9.05. The van der Waals surface area contributed by atoms with Gasteiger partial charge in [0.15, 0.2) is 11.5 Å². The Labute approximate surface area is 239 Å². The van der Waals surface area contributed by atoms with Crippen LogP contribution in [0.2, 0.25) is 0 Å². The van der Waals surface area contributed by atoms with E-state index in [1.54, 1.807) is 24.3 Å². The van der Waals surface area contributed by atoms with E-state index in [2.05, 4.69) is 17.2 Å². The number of ether oxygens (including phenoxy) is 2. The summed E-state index contributed by atoms with van der Waals surface area (Å²) in [4.78, 5) is 73.4. The van der Waals surface area contributed by atoms with Crippen LogP contribution in [-0.2, 0) is 33.5 Å². The molecule has 41 heavy (non-hydrogen) atoms. The number of amides is 2.